The van der Waals surface area contributed by atoms with Crippen molar-refractivity contribution in [3.05, 3.63) is 65.0 Å². The van der Waals surface area contributed by atoms with E-state index in [-0.39, 0.29) is 0 Å². The molecule has 0 unspecified atom stereocenters. The highest BCUT2D eigenvalue weighted by atomic mass is 16.1. The van der Waals surface area contributed by atoms with E-state index in [4.69, 9.17) is 0 Å². The molecule has 0 bridgehead atoms. The largest absolute Gasteiger partial charge is 0.331 e. The number of hydrogen-bond donors (Lipinski definition) is 0. The fraction of sp³-hybridized carbons (Fsp3) is 0.176. The maximum Gasteiger partial charge on any atom is 0.150 e. The van der Waals surface area contributed by atoms with E-state index >= 15 is 0 Å². The van der Waals surface area contributed by atoms with E-state index in [2.05, 4.69) is 21.7 Å². The van der Waals surface area contributed by atoms with Crippen LogP contribution in [0.3, 0.4) is 0 Å². The van der Waals surface area contributed by atoms with Crippen LogP contribution in [0, 0.1) is 6.92 Å². The van der Waals surface area contributed by atoms with Crippen molar-refractivity contribution < 1.29 is 4.79 Å². The Hall–Kier alpha value is -2.42. The Kier molecular flexibility index (Phi) is 3.11. The van der Waals surface area contributed by atoms with Crippen molar-refractivity contribution in [3.8, 4) is 0 Å². The molecule has 0 radical (unpaired) electrons. The minimum atomic E-state index is 0.668. The highest BCUT2D eigenvalue weighted by Gasteiger charge is 2.10. The van der Waals surface area contributed by atoms with Gasteiger partial charge in [-0.15, -0.1) is 0 Å². The molecule has 0 saturated carbocycles. The third kappa shape index (κ3) is 2.11. The number of rotatable bonds is 3. The first kappa shape index (κ1) is 12.6. The molecule has 0 atom stereocenters. The Balaban J connectivity index is 2.07. The molecular formula is C17H16N2O. The van der Waals surface area contributed by atoms with Gasteiger partial charge in [-0.1, -0.05) is 35.9 Å². The molecule has 1 aromatic heterocycles. The first-order valence-electron chi connectivity index (χ1n) is 6.64. The number of carbonyl (C=O) groups excluding carboxylic acids is 1. The van der Waals surface area contributed by atoms with Crippen LogP contribution < -0.4 is 0 Å². The molecule has 0 spiro atoms. The lowest BCUT2D eigenvalue weighted by Crippen LogP contribution is -2.02. The molecule has 0 aliphatic carbocycles. The molecule has 0 N–H and O–H groups in total. The molecule has 3 nitrogen and oxygen atoms in total. The van der Waals surface area contributed by atoms with Crippen molar-refractivity contribution in [2.24, 2.45) is 7.05 Å². The standard InChI is InChI=1S/C17H16N2O/c1-12-7-8-13(11-20)14(9-12)10-17-18-15-5-3-4-6-16(15)19(17)2/h3-9,11H,10H2,1-2H3. The predicted molar refractivity (Wildman–Crippen MR) is 80.1 cm³/mol. The summed E-state index contributed by atoms with van der Waals surface area (Å²) in [6.07, 6.45) is 1.58. The predicted octanol–water partition coefficient (Wildman–Crippen LogP) is 3.29. The molecule has 100 valence electrons. The van der Waals surface area contributed by atoms with E-state index in [1.165, 1.54) is 0 Å². The van der Waals surface area contributed by atoms with Crippen LogP contribution in [0.4, 0.5) is 0 Å². The minimum Gasteiger partial charge on any atom is -0.331 e. The number of aryl methyl sites for hydroxylation is 2. The number of carbonyl (C=O) groups is 1. The van der Waals surface area contributed by atoms with Crippen molar-refractivity contribution in [1.82, 2.24) is 9.55 Å². The SMILES string of the molecule is Cc1ccc(C=O)c(Cc2nc3ccccc3n2C)c1. The molecule has 0 saturated heterocycles. The normalized spacial score (nSPS) is 10.9. The zero-order valence-corrected chi connectivity index (χ0v) is 11.6. The van der Waals surface area contributed by atoms with E-state index in [0.717, 1.165) is 39.8 Å². The van der Waals surface area contributed by atoms with Gasteiger partial charge < -0.3 is 4.57 Å². The Morgan fingerprint density at radius 1 is 1.20 bits per heavy atom. The third-order valence-electron chi connectivity index (χ3n) is 3.65. The van der Waals surface area contributed by atoms with Crippen LogP contribution in [-0.2, 0) is 13.5 Å². The summed E-state index contributed by atoms with van der Waals surface area (Å²) < 4.78 is 2.09. The number of nitrogens with zero attached hydrogens (tertiary/aromatic N) is 2. The summed E-state index contributed by atoms with van der Waals surface area (Å²) in [5, 5.41) is 0. The van der Waals surface area contributed by atoms with Crippen molar-refractivity contribution >= 4 is 17.3 Å². The molecule has 0 amide bonds. The van der Waals surface area contributed by atoms with Crippen LogP contribution in [0.2, 0.25) is 0 Å². The Bertz CT molecular complexity index is 787. The topological polar surface area (TPSA) is 34.9 Å². The summed E-state index contributed by atoms with van der Waals surface area (Å²) in [4.78, 5) is 15.8. The molecule has 2 aromatic carbocycles. The average molecular weight is 264 g/mol. The molecule has 3 aromatic rings. The molecular weight excluding hydrogens is 248 g/mol. The maximum atomic E-state index is 11.2. The first-order chi connectivity index (χ1) is 9.69. The summed E-state index contributed by atoms with van der Waals surface area (Å²) in [5.74, 6) is 0.972. The van der Waals surface area contributed by atoms with E-state index in [1.807, 2.05) is 44.3 Å². The van der Waals surface area contributed by atoms with E-state index in [9.17, 15) is 4.79 Å². The molecule has 20 heavy (non-hydrogen) atoms. The van der Waals surface area contributed by atoms with Crippen molar-refractivity contribution in [3.63, 3.8) is 0 Å². The Morgan fingerprint density at radius 2 is 2.00 bits per heavy atom. The summed E-state index contributed by atoms with van der Waals surface area (Å²) >= 11 is 0. The number of hydrogen-bond acceptors (Lipinski definition) is 2. The van der Waals surface area contributed by atoms with Gasteiger partial charge in [-0.3, -0.25) is 4.79 Å². The highest BCUT2D eigenvalue weighted by molar-refractivity contribution is 5.78. The maximum absolute atomic E-state index is 11.2. The van der Waals surface area contributed by atoms with Crippen LogP contribution in [0.5, 0.6) is 0 Å². The zero-order chi connectivity index (χ0) is 14.1. The van der Waals surface area contributed by atoms with Gasteiger partial charge in [0.2, 0.25) is 0 Å². The lowest BCUT2D eigenvalue weighted by Gasteiger charge is -2.06. The zero-order valence-electron chi connectivity index (χ0n) is 11.6. The Morgan fingerprint density at radius 3 is 2.75 bits per heavy atom. The van der Waals surface area contributed by atoms with Gasteiger partial charge in [-0.05, 0) is 24.6 Å². The molecule has 0 aliphatic heterocycles. The van der Waals surface area contributed by atoms with Gasteiger partial charge in [0, 0.05) is 19.0 Å². The molecule has 3 rings (SSSR count). The summed E-state index contributed by atoms with van der Waals surface area (Å²) in [5.41, 5.74) is 5.03. The van der Waals surface area contributed by atoms with Gasteiger partial charge in [0.25, 0.3) is 0 Å². The monoisotopic (exact) mass is 264 g/mol. The number of aldehydes is 1. The molecule has 0 fully saturated rings. The second-order valence-corrected chi connectivity index (χ2v) is 5.07. The lowest BCUT2D eigenvalue weighted by molar-refractivity contribution is 0.112. The lowest BCUT2D eigenvalue weighted by atomic mass is 10.0. The second kappa shape index (κ2) is 4.93. The number of imidazole rings is 1. The number of aromatic nitrogens is 2. The van der Waals surface area contributed by atoms with Crippen molar-refractivity contribution in [2.75, 3.05) is 0 Å². The van der Waals surface area contributed by atoms with Crippen molar-refractivity contribution in [2.45, 2.75) is 13.3 Å². The van der Waals surface area contributed by atoms with Crippen molar-refractivity contribution in [1.29, 1.82) is 0 Å². The highest BCUT2D eigenvalue weighted by Crippen LogP contribution is 2.19. The number of fused-ring (bicyclic) bond motifs is 1. The second-order valence-electron chi connectivity index (χ2n) is 5.07. The van der Waals surface area contributed by atoms with E-state index < -0.39 is 0 Å². The van der Waals surface area contributed by atoms with Crippen LogP contribution in [-0.4, -0.2) is 15.8 Å². The van der Waals surface area contributed by atoms with Gasteiger partial charge in [-0.25, -0.2) is 4.98 Å². The van der Waals surface area contributed by atoms with E-state index in [1.54, 1.807) is 0 Å². The average Bonchev–Trinajstić information content (AvgIpc) is 2.76. The van der Waals surface area contributed by atoms with Gasteiger partial charge in [0.15, 0.2) is 0 Å². The summed E-state index contributed by atoms with van der Waals surface area (Å²) in [6, 6.07) is 14.0. The van der Waals surface area contributed by atoms with Crippen LogP contribution in [0.1, 0.15) is 27.3 Å². The first-order valence-corrected chi connectivity index (χ1v) is 6.64. The van der Waals surface area contributed by atoms with Gasteiger partial charge >= 0.3 is 0 Å². The fourth-order valence-corrected chi connectivity index (χ4v) is 2.53. The van der Waals surface area contributed by atoms with Crippen LogP contribution in [0.25, 0.3) is 11.0 Å². The smallest absolute Gasteiger partial charge is 0.150 e. The van der Waals surface area contributed by atoms with Crippen LogP contribution in [0.15, 0.2) is 42.5 Å². The van der Waals surface area contributed by atoms with E-state index in [0.29, 0.717) is 6.42 Å². The van der Waals surface area contributed by atoms with Crippen LogP contribution >= 0.6 is 0 Å². The molecule has 1 heterocycles. The number of benzene rings is 2. The van der Waals surface area contributed by atoms with Gasteiger partial charge in [-0.2, -0.15) is 0 Å². The summed E-state index contributed by atoms with van der Waals surface area (Å²) in [6.45, 7) is 2.03. The molecule has 0 aliphatic rings. The third-order valence-corrected chi connectivity index (χ3v) is 3.65. The number of para-hydroxylation sites is 2. The fourth-order valence-electron chi connectivity index (χ4n) is 2.53. The molecule has 3 heteroatoms. The van der Waals surface area contributed by atoms with Gasteiger partial charge in [0.05, 0.1) is 11.0 Å². The Labute approximate surface area is 117 Å². The quantitative estimate of drug-likeness (QED) is 0.680. The van der Waals surface area contributed by atoms with Gasteiger partial charge in [0.1, 0.15) is 12.1 Å². The summed E-state index contributed by atoms with van der Waals surface area (Å²) in [7, 11) is 2.01. The minimum absolute atomic E-state index is 0.668.